The van der Waals surface area contributed by atoms with Crippen molar-refractivity contribution < 1.29 is 4.74 Å². The molecule has 1 aliphatic heterocycles. The number of imidazole rings is 1. The summed E-state index contributed by atoms with van der Waals surface area (Å²) in [5.74, 6) is 1.99. The molecule has 1 aliphatic rings. The van der Waals surface area contributed by atoms with Crippen molar-refractivity contribution in [2.24, 2.45) is 14.1 Å². The maximum absolute atomic E-state index is 12.6. The molecule has 0 unspecified atom stereocenters. The molecule has 1 fully saturated rings. The molecule has 5 rings (SSSR count). The van der Waals surface area contributed by atoms with Crippen molar-refractivity contribution in [3.05, 3.63) is 57.4 Å². The summed E-state index contributed by atoms with van der Waals surface area (Å²) < 4.78 is 9.58. The number of anilines is 2. The lowest BCUT2D eigenvalue weighted by molar-refractivity contribution is 0.256. The molecule has 0 aliphatic carbocycles. The van der Waals surface area contributed by atoms with Crippen LogP contribution in [0.3, 0.4) is 0 Å². The van der Waals surface area contributed by atoms with Crippen LogP contribution in [0.4, 0.5) is 11.5 Å². The van der Waals surface area contributed by atoms with Crippen LogP contribution in [0.15, 0.2) is 46.1 Å². The molecule has 3 aromatic heterocycles. The van der Waals surface area contributed by atoms with Gasteiger partial charge in [-0.1, -0.05) is 12.1 Å². The molecule has 1 saturated heterocycles. The number of fused-ring (bicyclic) bond motifs is 3. The number of piperazine rings is 1. The molecule has 35 heavy (non-hydrogen) atoms. The summed E-state index contributed by atoms with van der Waals surface area (Å²) in [6.07, 6.45) is 2.75. The van der Waals surface area contributed by atoms with Gasteiger partial charge < -0.3 is 15.0 Å². The molecule has 184 valence electrons. The maximum Gasteiger partial charge on any atom is 0.332 e. The fourth-order valence-electron chi connectivity index (χ4n) is 4.63. The zero-order chi connectivity index (χ0) is 24.5. The van der Waals surface area contributed by atoms with E-state index in [9.17, 15) is 9.59 Å². The third-order valence-corrected chi connectivity index (χ3v) is 6.63. The summed E-state index contributed by atoms with van der Waals surface area (Å²) in [7, 11) is 4.78. The van der Waals surface area contributed by atoms with Gasteiger partial charge in [-0.25, -0.2) is 4.79 Å². The molecular weight excluding hydrogens is 448 g/mol. The minimum atomic E-state index is -0.409. The zero-order valence-corrected chi connectivity index (χ0v) is 20.3. The average molecular weight is 479 g/mol. The first kappa shape index (κ1) is 22.9. The summed E-state index contributed by atoms with van der Waals surface area (Å²) in [5, 5.41) is 3.35. The highest BCUT2D eigenvalue weighted by Gasteiger charge is 2.19. The number of para-hydroxylation sites is 2. The molecule has 11 nitrogen and oxygen atoms in total. The molecule has 4 heterocycles. The molecular formula is C24H30N8O3. The fraction of sp³-hybridized carbons (Fsp3) is 0.417. The Morgan fingerprint density at radius 3 is 2.54 bits per heavy atom. The van der Waals surface area contributed by atoms with Gasteiger partial charge in [-0.15, -0.1) is 0 Å². The fourth-order valence-corrected chi connectivity index (χ4v) is 4.63. The van der Waals surface area contributed by atoms with E-state index in [1.54, 1.807) is 24.8 Å². The summed E-state index contributed by atoms with van der Waals surface area (Å²) in [5.41, 5.74) is 1.03. The number of nitrogens with one attached hydrogen (secondary N) is 1. The zero-order valence-electron chi connectivity index (χ0n) is 20.3. The first-order chi connectivity index (χ1) is 17.0. The van der Waals surface area contributed by atoms with E-state index in [1.165, 1.54) is 11.6 Å². The Labute approximate surface area is 202 Å². The van der Waals surface area contributed by atoms with Gasteiger partial charge in [-0.3, -0.25) is 23.2 Å². The predicted molar refractivity (Wildman–Crippen MR) is 136 cm³/mol. The second kappa shape index (κ2) is 9.41. The van der Waals surface area contributed by atoms with Crippen LogP contribution < -0.4 is 26.2 Å². The molecule has 0 saturated carbocycles. The van der Waals surface area contributed by atoms with Gasteiger partial charge in [0.05, 0.1) is 12.8 Å². The Morgan fingerprint density at radius 2 is 1.77 bits per heavy atom. The summed E-state index contributed by atoms with van der Waals surface area (Å²) >= 11 is 0. The van der Waals surface area contributed by atoms with Crippen molar-refractivity contribution in [2.45, 2.75) is 6.42 Å². The summed E-state index contributed by atoms with van der Waals surface area (Å²) in [6, 6.07) is 9.99. The first-order valence-electron chi connectivity index (χ1n) is 11.8. The van der Waals surface area contributed by atoms with E-state index in [2.05, 4.69) is 31.2 Å². The van der Waals surface area contributed by atoms with Gasteiger partial charge in [0.25, 0.3) is 5.56 Å². The average Bonchev–Trinajstić information content (AvgIpc) is 3.28. The molecule has 11 heteroatoms. The van der Waals surface area contributed by atoms with Crippen LogP contribution in [0.2, 0.25) is 0 Å². The highest BCUT2D eigenvalue weighted by atomic mass is 16.5. The van der Waals surface area contributed by atoms with Crippen molar-refractivity contribution >= 4 is 28.4 Å². The van der Waals surface area contributed by atoms with Gasteiger partial charge in [-0.05, 0) is 31.2 Å². The molecule has 0 bridgehead atoms. The monoisotopic (exact) mass is 478 g/mol. The maximum atomic E-state index is 12.6. The molecule has 1 N–H and O–H groups in total. The second-order valence-corrected chi connectivity index (χ2v) is 8.75. The van der Waals surface area contributed by atoms with Crippen LogP contribution in [0.25, 0.3) is 16.9 Å². The van der Waals surface area contributed by atoms with Crippen molar-refractivity contribution in [3.8, 4) is 5.75 Å². The Bertz CT molecular complexity index is 1480. The largest absolute Gasteiger partial charge is 0.495 e. The van der Waals surface area contributed by atoms with Gasteiger partial charge in [0, 0.05) is 53.0 Å². The molecule has 1 aromatic carbocycles. The summed E-state index contributed by atoms with van der Waals surface area (Å²) in [6.45, 7) is 5.74. The van der Waals surface area contributed by atoms with Crippen molar-refractivity contribution in [1.82, 2.24) is 28.4 Å². The van der Waals surface area contributed by atoms with Gasteiger partial charge in [0.1, 0.15) is 11.6 Å². The van der Waals surface area contributed by atoms with Crippen LogP contribution in [0.1, 0.15) is 6.42 Å². The minimum absolute atomic E-state index is 0.329. The van der Waals surface area contributed by atoms with E-state index < -0.39 is 5.69 Å². The van der Waals surface area contributed by atoms with E-state index >= 15 is 0 Å². The lowest BCUT2D eigenvalue weighted by Crippen LogP contribution is -2.46. The van der Waals surface area contributed by atoms with E-state index in [4.69, 9.17) is 4.74 Å². The number of rotatable bonds is 7. The Kier molecular flexibility index (Phi) is 6.16. The standard InChI is InChI=1S/C24H30N8O3/c1-28-21-20(22(33)29(2)24(28)34)32-12-9-19(26-23(32)27-21)25-10-6-11-30-13-15-31(16-14-30)17-7-4-5-8-18(17)35-3/h4-5,7-9,12H,6,10-11,13-16H2,1-3H3,(H,25,26,27). The number of benzene rings is 1. The highest BCUT2D eigenvalue weighted by molar-refractivity contribution is 5.75. The number of methoxy groups -OCH3 is 1. The van der Waals surface area contributed by atoms with Crippen LogP contribution in [0.5, 0.6) is 5.75 Å². The van der Waals surface area contributed by atoms with E-state index in [1.807, 2.05) is 24.3 Å². The topological polar surface area (TPSA) is 102 Å². The summed E-state index contributed by atoms with van der Waals surface area (Å²) in [4.78, 5) is 38.6. The molecule has 0 spiro atoms. The number of nitrogens with zero attached hydrogens (tertiary/aromatic N) is 7. The predicted octanol–water partition coefficient (Wildman–Crippen LogP) is 0.913. The number of aromatic nitrogens is 5. The second-order valence-electron chi connectivity index (χ2n) is 8.75. The van der Waals surface area contributed by atoms with E-state index in [0.717, 1.165) is 61.7 Å². The molecule has 0 amide bonds. The highest BCUT2D eigenvalue weighted by Crippen LogP contribution is 2.28. The lowest BCUT2D eigenvalue weighted by Gasteiger charge is -2.36. The first-order valence-corrected chi connectivity index (χ1v) is 11.8. The van der Waals surface area contributed by atoms with Crippen molar-refractivity contribution in [1.29, 1.82) is 0 Å². The molecule has 0 radical (unpaired) electrons. The Balaban J connectivity index is 1.17. The van der Waals surface area contributed by atoms with Crippen LogP contribution in [-0.4, -0.2) is 74.8 Å². The van der Waals surface area contributed by atoms with Gasteiger partial charge in [0.2, 0.25) is 5.78 Å². The lowest BCUT2D eigenvalue weighted by atomic mass is 10.2. The number of hydrogen-bond donors (Lipinski definition) is 1. The number of hydrogen-bond acceptors (Lipinski definition) is 8. The number of ether oxygens (including phenoxy) is 1. The van der Waals surface area contributed by atoms with Crippen molar-refractivity contribution in [2.75, 3.05) is 56.6 Å². The Hall–Kier alpha value is -3.86. The minimum Gasteiger partial charge on any atom is -0.495 e. The van der Waals surface area contributed by atoms with Crippen molar-refractivity contribution in [3.63, 3.8) is 0 Å². The normalized spacial score (nSPS) is 14.7. The smallest absolute Gasteiger partial charge is 0.332 e. The van der Waals surface area contributed by atoms with Crippen LogP contribution in [0, 0.1) is 0 Å². The number of aryl methyl sites for hydroxylation is 1. The van der Waals surface area contributed by atoms with Crippen LogP contribution in [-0.2, 0) is 14.1 Å². The van der Waals surface area contributed by atoms with E-state index in [-0.39, 0.29) is 5.56 Å². The SMILES string of the molecule is COc1ccccc1N1CCN(CCCNc2ccn3c(n2)nc2c3c(=O)n(C)c(=O)n2C)CC1. The third kappa shape index (κ3) is 4.23. The third-order valence-electron chi connectivity index (χ3n) is 6.63. The van der Waals surface area contributed by atoms with Gasteiger partial charge in [0.15, 0.2) is 11.2 Å². The molecule has 4 aromatic rings. The Morgan fingerprint density at radius 1 is 1.00 bits per heavy atom. The molecule has 0 atom stereocenters. The van der Waals surface area contributed by atoms with Crippen LogP contribution >= 0.6 is 0 Å². The van der Waals surface area contributed by atoms with E-state index in [0.29, 0.717) is 22.8 Å². The quantitative estimate of drug-likeness (QED) is 0.391. The van der Waals surface area contributed by atoms with Gasteiger partial charge in [-0.2, -0.15) is 9.97 Å². The van der Waals surface area contributed by atoms with Gasteiger partial charge >= 0.3 is 5.69 Å².